The molecule has 1 saturated heterocycles. The Kier molecular flexibility index (Phi) is 5.48. The number of alkyl halides is 2. The summed E-state index contributed by atoms with van der Waals surface area (Å²) in [4.78, 5) is 8.02. The predicted molar refractivity (Wildman–Crippen MR) is 116 cm³/mol. The van der Waals surface area contributed by atoms with Crippen molar-refractivity contribution in [3.63, 3.8) is 0 Å². The number of hydrogen-bond donors (Lipinski definition) is 2. The van der Waals surface area contributed by atoms with Crippen LogP contribution < -0.4 is 10.1 Å². The van der Waals surface area contributed by atoms with Gasteiger partial charge in [-0.05, 0) is 38.1 Å². The topological polar surface area (TPSA) is 103 Å². The van der Waals surface area contributed by atoms with Crippen molar-refractivity contribution in [2.24, 2.45) is 0 Å². The summed E-state index contributed by atoms with van der Waals surface area (Å²) in [5, 5.41) is 22.6. The number of fused-ring (bicyclic) bond motifs is 1. The van der Waals surface area contributed by atoms with Gasteiger partial charge in [-0.15, -0.1) is 5.10 Å². The lowest BCUT2D eigenvalue weighted by Crippen LogP contribution is -2.44. The Morgan fingerprint density at radius 2 is 2.06 bits per heavy atom. The van der Waals surface area contributed by atoms with E-state index in [1.165, 1.54) is 19.1 Å². The summed E-state index contributed by atoms with van der Waals surface area (Å²) in [6.45, 7) is 1.76. The number of rotatable bonds is 7. The molecule has 0 aliphatic carbocycles. The van der Waals surface area contributed by atoms with Crippen LogP contribution in [0.4, 0.5) is 13.2 Å². The molecule has 5 rings (SSSR count). The maximum atomic E-state index is 13.7. The first-order chi connectivity index (χ1) is 16.2. The normalized spacial score (nSPS) is 16.1. The predicted octanol–water partition coefficient (Wildman–Crippen LogP) is 2.96. The molecule has 3 aromatic heterocycles. The summed E-state index contributed by atoms with van der Waals surface area (Å²) >= 11 is 0. The molecule has 0 radical (unpaired) electrons. The zero-order valence-corrected chi connectivity index (χ0v) is 18.4. The molecule has 1 aromatic carbocycles. The van der Waals surface area contributed by atoms with Crippen LogP contribution in [0, 0.1) is 12.7 Å². The van der Waals surface area contributed by atoms with Crippen LogP contribution in [0.15, 0.2) is 36.8 Å². The first kappa shape index (κ1) is 22.3. The fourth-order valence-corrected chi connectivity index (χ4v) is 3.92. The first-order valence-electron chi connectivity index (χ1n) is 10.6. The molecule has 2 N–H and O–H groups in total. The average molecular weight is 473 g/mol. The molecule has 1 fully saturated rings. The van der Waals surface area contributed by atoms with E-state index in [1.54, 1.807) is 12.1 Å². The number of aromatic nitrogens is 6. The van der Waals surface area contributed by atoms with E-state index in [0.29, 0.717) is 15.8 Å². The average Bonchev–Trinajstić information content (AvgIpc) is 3.35. The van der Waals surface area contributed by atoms with E-state index in [2.05, 4.69) is 25.6 Å². The van der Waals surface area contributed by atoms with Crippen LogP contribution >= 0.6 is 0 Å². The van der Waals surface area contributed by atoms with Crippen molar-refractivity contribution >= 4 is 11.0 Å². The van der Waals surface area contributed by atoms with E-state index in [4.69, 9.17) is 4.74 Å². The van der Waals surface area contributed by atoms with Crippen LogP contribution in [0.1, 0.15) is 30.9 Å². The number of pyridine rings is 1. The Morgan fingerprint density at radius 3 is 2.71 bits per heavy atom. The number of hydrogen-bond acceptors (Lipinski definition) is 7. The van der Waals surface area contributed by atoms with Gasteiger partial charge in [0.2, 0.25) is 0 Å². The van der Waals surface area contributed by atoms with Gasteiger partial charge in [0.15, 0.2) is 0 Å². The maximum Gasteiger partial charge on any atom is 0.320 e. The Labute approximate surface area is 192 Å². The molecule has 178 valence electrons. The van der Waals surface area contributed by atoms with E-state index in [-0.39, 0.29) is 35.1 Å². The molecule has 0 saturated carbocycles. The number of aliphatic hydroxyl groups is 1. The van der Waals surface area contributed by atoms with Gasteiger partial charge in [-0.2, -0.15) is 8.78 Å². The highest BCUT2D eigenvalue weighted by Gasteiger charge is 2.28. The Hall–Kier alpha value is -3.51. The second-order valence-corrected chi connectivity index (χ2v) is 8.48. The zero-order valence-electron chi connectivity index (χ0n) is 18.4. The summed E-state index contributed by atoms with van der Waals surface area (Å²) < 4.78 is 48.9. The highest BCUT2D eigenvalue weighted by atomic mass is 19.3. The van der Waals surface area contributed by atoms with Gasteiger partial charge in [-0.1, -0.05) is 5.21 Å². The van der Waals surface area contributed by atoms with Gasteiger partial charge in [-0.25, -0.2) is 14.1 Å². The Balaban J connectivity index is 1.53. The lowest BCUT2D eigenvalue weighted by molar-refractivity contribution is 0.00395. The third-order valence-electron chi connectivity index (χ3n) is 5.94. The summed E-state index contributed by atoms with van der Waals surface area (Å²) in [6, 6.07) is 5.95. The number of halogens is 3. The third kappa shape index (κ3) is 3.88. The van der Waals surface area contributed by atoms with E-state index in [1.807, 2.05) is 11.6 Å². The number of imidazole rings is 1. The Morgan fingerprint density at radius 1 is 1.26 bits per heavy atom. The van der Waals surface area contributed by atoms with Crippen LogP contribution in [0.25, 0.3) is 22.3 Å². The van der Waals surface area contributed by atoms with E-state index < -0.39 is 18.0 Å². The molecule has 0 spiro atoms. The van der Waals surface area contributed by atoms with E-state index in [0.717, 1.165) is 31.3 Å². The number of nitrogens with one attached hydrogen (secondary N) is 1. The molecule has 1 aliphatic heterocycles. The summed E-state index contributed by atoms with van der Waals surface area (Å²) in [5.74, 6) is -0.455. The van der Waals surface area contributed by atoms with Gasteiger partial charge in [-0.3, -0.25) is 9.55 Å². The molecule has 12 heteroatoms. The lowest BCUT2D eigenvalue weighted by Gasteiger charge is -2.27. The third-order valence-corrected chi connectivity index (χ3v) is 5.94. The molecule has 9 nitrogen and oxygen atoms in total. The van der Waals surface area contributed by atoms with Crippen LogP contribution in [0.2, 0.25) is 0 Å². The highest BCUT2D eigenvalue weighted by molar-refractivity contribution is 5.87. The molecule has 4 aromatic rings. The summed E-state index contributed by atoms with van der Waals surface area (Å²) in [7, 11) is 0. The first-order valence-corrected chi connectivity index (χ1v) is 10.6. The van der Waals surface area contributed by atoms with Crippen LogP contribution in [-0.2, 0) is 5.60 Å². The standard InChI is InChI=1S/C22H22F3N7O2/c1-12-19(29-30-32(12)15-8-26-9-15)13-5-16-20(31(11-28-16)21(24)25)17(6-13)34-10-22(2,33)18-4-3-14(23)7-27-18/h3-7,11,15,21,26,33H,8-10H2,1-2H3. The van der Waals surface area contributed by atoms with Crippen LogP contribution in [0.3, 0.4) is 0 Å². The Bertz CT molecular complexity index is 1330. The van der Waals surface area contributed by atoms with Crippen molar-refractivity contribution in [1.82, 2.24) is 34.8 Å². The van der Waals surface area contributed by atoms with E-state index >= 15 is 0 Å². The SMILES string of the molecule is Cc1c(-c2cc(OCC(C)(O)c3ccc(F)cn3)c3c(c2)ncn3C(F)F)nnn1C1CNC1. The molecular formula is C22H22F3N7O2. The molecule has 34 heavy (non-hydrogen) atoms. The van der Waals surface area contributed by atoms with Crippen molar-refractivity contribution in [2.45, 2.75) is 32.0 Å². The molecule has 0 bridgehead atoms. The van der Waals surface area contributed by atoms with Crippen LogP contribution in [-0.4, -0.2) is 54.3 Å². The number of benzene rings is 1. The molecule has 1 aliphatic rings. The van der Waals surface area contributed by atoms with Crippen molar-refractivity contribution in [1.29, 1.82) is 0 Å². The number of nitrogens with zero attached hydrogens (tertiary/aromatic N) is 6. The van der Waals surface area contributed by atoms with Gasteiger partial charge in [0, 0.05) is 18.7 Å². The van der Waals surface area contributed by atoms with Gasteiger partial charge < -0.3 is 15.2 Å². The second-order valence-electron chi connectivity index (χ2n) is 8.48. The monoisotopic (exact) mass is 473 g/mol. The summed E-state index contributed by atoms with van der Waals surface area (Å²) in [6.07, 6.45) is 2.02. The maximum absolute atomic E-state index is 13.7. The van der Waals surface area contributed by atoms with Gasteiger partial charge in [0.25, 0.3) is 0 Å². The molecule has 1 unspecified atom stereocenters. The largest absolute Gasteiger partial charge is 0.488 e. The van der Waals surface area contributed by atoms with Crippen LogP contribution in [0.5, 0.6) is 5.75 Å². The molecule has 1 atom stereocenters. The van der Waals surface area contributed by atoms with Gasteiger partial charge in [0.1, 0.15) is 41.3 Å². The second kappa shape index (κ2) is 8.37. The van der Waals surface area contributed by atoms with Crippen molar-refractivity contribution in [3.05, 3.63) is 54.0 Å². The molecule has 0 amide bonds. The van der Waals surface area contributed by atoms with Crippen molar-refractivity contribution in [2.75, 3.05) is 19.7 Å². The van der Waals surface area contributed by atoms with Gasteiger partial charge in [0.05, 0.1) is 29.1 Å². The molecule has 4 heterocycles. The molecular weight excluding hydrogens is 451 g/mol. The zero-order chi connectivity index (χ0) is 24.0. The smallest absolute Gasteiger partial charge is 0.320 e. The minimum absolute atomic E-state index is 0.0786. The number of ether oxygens (including phenoxy) is 1. The minimum Gasteiger partial charge on any atom is -0.488 e. The van der Waals surface area contributed by atoms with Crippen molar-refractivity contribution < 1.29 is 23.0 Å². The van der Waals surface area contributed by atoms with Gasteiger partial charge >= 0.3 is 6.55 Å². The minimum atomic E-state index is -2.84. The lowest BCUT2D eigenvalue weighted by atomic mass is 10.0. The quantitative estimate of drug-likeness (QED) is 0.425. The fourth-order valence-electron chi connectivity index (χ4n) is 3.92. The van der Waals surface area contributed by atoms with Crippen molar-refractivity contribution in [3.8, 4) is 17.0 Å². The summed E-state index contributed by atoms with van der Waals surface area (Å²) in [5.41, 5.74) is 0.933. The fraction of sp³-hybridized carbons (Fsp3) is 0.364. The highest BCUT2D eigenvalue weighted by Crippen LogP contribution is 2.36. The van der Waals surface area contributed by atoms with E-state index in [9.17, 15) is 18.3 Å².